The van der Waals surface area contributed by atoms with E-state index in [1.165, 1.54) is 12.1 Å². The summed E-state index contributed by atoms with van der Waals surface area (Å²) in [6.07, 6.45) is 1.97. The van der Waals surface area contributed by atoms with E-state index in [-0.39, 0.29) is 11.4 Å². The standard InChI is InChI=1S/C19H19N3O3/c1-2-3-12-22-16-7-5-4-6-15(16)17(18(22)23)21-20-14-10-8-13(9-11-14)19(24)25/h4-11,23H,2-3,12H2,1H3,(H,24,25)/p-1. The maximum absolute atomic E-state index is 10.8. The normalized spacial score (nSPS) is 11.4. The maximum atomic E-state index is 10.8. The van der Waals surface area contributed by atoms with Gasteiger partial charge in [-0.2, -0.15) is 5.11 Å². The van der Waals surface area contributed by atoms with Crippen molar-refractivity contribution < 1.29 is 15.0 Å². The van der Waals surface area contributed by atoms with Crippen molar-refractivity contribution in [2.24, 2.45) is 10.2 Å². The van der Waals surface area contributed by atoms with Crippen molar-refractivity contribution in [3.63, 3.8) is 0 Å². The third-order valence-electron chi connectivity index (χ3n) is 4.02. The lowest BCUT2D eigenvalue weighted by Crippen LogP contribution is -2.21. The summed E-state index contributed by atoms with van der Waals surface area (Å²) in [5.74, 6) is -1.15. The van der Waals surface area contributed by atoms with Gasteiger partial charge in [-0.15, -0.1) is 5.11 Å². The van der Waals surface area contributed by atoms with Crippen LogP contribution in [0.3, 0.4) is 0 Å². The number of carbonyl (C=O) groups excluding carboxylic acids is 1. The van der Waals surface area contributed by atoms with Crippen molar-refractivity contribution in [2.45, 2.75) is 26.3 Å². The van der Waals surface area contributed by atoms with Gasteiger partial charge in [0.25, 0.3) is 0 Å². The Kier molecular flexibility index (Phi) is 4.79. The molecule has 1 heterocycles. The second-order valence-corrected chi connectivity index (χ2v) is 5.73. The number of rotatable bonds is 6. The molecule has 128 valence electrons. The molecular formula is C19H18N3O3-. The molecule has 0 spiro atoms. The van der Waals surface area contributed by atoms with Crippen LogP contribution in [0.15, 0.2) is 58.8 Å². The molecule has 0 aliphatic heterocycles. The van der Waals surface area contributed by atoms with Gasteiger partial charge < -0.3 is 19.6 Å². The first-order valence-corrected chi connectivity index (χ1v) is 8.15. The van der Waals surface area contributed by atoms with E-state index in [9.17, 15) is 15.0 Å². The van der Waals surface area contributed by atoms with Crippen LogP contribution >= 0.6 is 0 Å². The molecule has 0 saturated carbocycles. The summed E-state index contributed by atoms with van der Waals surface area (Å²) < 4.78 is 1.84. The lowest BCUT2D eigenvalue weighted by Gasteiger charge is -2.05. The van der Waals surface area contributed by atoms with Gasteiger partial charge in [-0.3, -0.25) is 0 Å². The number of para-hydroxylation sites is 1. The number of carboxylic acids is 1. The Bertz CT molecular complexity index is 927. The van der Waals surface area contributed by atoms with Crippen LogP contribution in [0.2, 0.25) is 0 Å². The van der Waals surface area contributed by atoms with Crippen molar-refractivity contribution in [1.29, 1.82) is 0 Å². The van der Waals surface area contributed by atoms with Crippen LogP contribution in [0.1, 0.15) is 30.1 Å². The van der Waals surface area contributed by atoms with E-state index in [0.717, 1.165) is 23.7 Å². The zero-order valence-electron chi connectivity index (χ0n) is 13.8. The molecule has 0 aliphatic rings. The fourth-order valence-electron chi connectivity index (χ4n) is 2.68. The van der Waals surface area contributed by atoms with E-state index in [1.54, 1.807) is 12.1 Å². The van der Waals surface area contributed by atoms with Gasteiger partial charge in [0.15, 0.2) is 5.69 Å². The topological polar surface area (TPSA) is 90.0 Å². The van der Waals surface area contributed by atoms with Crippen LogP contribution < -0.4 is 5.11 Å². The van der Waals surface area contributed by atoms with Crippen LogP contribution in [0.5, 0.6) is 5.88 Å². The summed E-state index contributed by atoms with van der Waals surface area (Å²) in [5, 5.41) is 30.5. The average molecular weight is 336 g/mol. The first-order chi connectivity index (χ1) is 12.1. The number of carboxylic acid groups (broad SMARTS) is 1. The molecule has 25 heavy (non-hydrogen) atoms. The minimum Gasteiger partial charge on any atom is -0.545 e. The summed E-state index contributed by atoms with van der Waals surface area (Å²) in [7, 11) is 0. The van der Waals surface area contributed by atoms with Crippen LogP contribution in [-0.4, -0.2) is 15.6 Å². The molecule has 3 rings (SSSR count). The summed E-state index contributed by atoms with van der Waals surface area (Å²) in [4.78, 5) is 10.8. The molecule has 0 amide bonds. The summed E-state index contributed by atoms with van der Waals surface area (Å²) >= 11 is 0. The molecule has 1 N–H and O–H groups in total. The molecule has 6 heteroatoms. The Labute approximate surface area is 145 Å². The van der Waals surface area contributed by atoms with E-state index in [1.807, 2.05) is 28.8 Å². The molecule has 0 bridgehead atoms. The molecular weight excluding hydrogens is 318 g/mol. The molecule has 0 unspecified atom stereocenters. The monoisotopic (exact) mass is 336 g/mol. The van der Waals surface area contributed by atoms with Crippen LogP contribution in [0, 0.1) is 0 Å². The van der Waals surface area contributed by atoms with Gasteiger partial charge in [-0.05, 0) is 30.2 Å². The minimum absolute atomic E-state index is 0.0814. The average Bonchev–Trinajstić information content (AvgIpc) is 2.89. The maximum Gasteiger partial charge on any atom is 0.220 e. The molecule has 0 saturated heterocycles. The largest absolute Gasteiger partial charge is 0.545 e. The zero-order chi connectivity index (χ0) is 17.8. The Balaban J connectivity index is 1.97. The molecule has 2 aromatic carbocycles. The number of fused-ring (bicyclic) bond motifs is 1. The highest BCUT2D eigenvalue weighted by Gasteiger charge is 2.15. The molecule has 3 aromatic rings. The number of aryl methyl sites for hydroxylation is 1. The smallest absolute Gasteiger partial charge is 0.220 e. The van der Waals surface area contributed by atoms with Crippen molar-refractivity contribution in [1.82, 2.24) is 4.57 Å². The number of nitrogens with zero attached hydrogens (tertiary/aromatic N) is 3. The first kappa shape index (κ1) is 16.7. The van der Waals surface area contributed by atoms with E-state index in [2.05, 4.69) is 17.2 Å². The SMILES string of the molecule is CCCCn1c(O)c(N=Nc2ccc(C(=O)[O-])cc2)c2ccccc21. The Hall–Kier alpha value is -3.15. The van der Waals surface area contributed by atoms with Gasteiger partial charge in [-0.25, -0.2) is 0 Å². The number of carbonyl (C=O) groups is 1. The molecule has 1 aromatic heterocycles. The quantitative estimate of drug-likeness (QED) is 0.692. The third kappa shape index (κ3) is 3.38. The van der Waals surface area contributed by atoms with Crippen molar-refractivity contribution in [2.75, 3.05) is 0 Å². The lowest BCUT2D eigenvalue weighted by molar-refractivity contribution is -0.255. The van der Waals surface area contributed by atoms with Gasteiger partial charge in [0, 0.05) is 11.9 Å². The number of hydrogen-bond donors (Lipinski definition) is 1. The molecule has 0 atom stereocenters. The van der Waals surface area contributed by atoms with Crippen molar-refractivity contribution in [3.05, 3.63) is 54.1 Å². The van der Waals surface area contributed by atoms with E-state index in [4.69, 9.17) is 0 Å². The number of aromatic hydroxyl groups is 1. The third-order valence-corrected chi connectivity index (χ3v) is 4.02. The number of aromatic carboxylic acids is 1. The Morgan fingerprint density at radius 2 is 1.84 bits per heavy atom. The number of benzene rings is 2. The highest BCUT2D eigenvalue weighted by Crippen LogP contribution is 2.39. The van der Waals surface area contributed by atoms with Gasteiger partial charge in [0.1, 0.15) is 0 Å². The lowest BCUT2D eigenvalue weighted by atomic mass is 10.2. The van der Waals surface area contributed by atoms with Crippen molar-refractivity contribution >= 4 is 28.2 Å². The Morgan fingerprint density at radius 3 is 2.52 bits per heavy atom. The van der Waals surface area contributed by atoms with E-state index in [0.29, 0.717) is 17.9 Å². The Morgan fingerprint density at radius 1 is 1.12 bits per heavy atom. The highest BCUT2D eigenvalue weighted by molar-refractivity contribution is 5.95. The van der Waals surface area contributed by atoms with Gasteiger partial charge in [0.2, 0.25) is 5.88 Å². The fraction of sp³-hybridized carbons (Fsp3) is 0.211. The molecule has 0 fully saturated rings. The number of unbranched alkanes of at least 4 members (excludes halogenated alkanes) is 1. The molecule has 0 radical (unpaired) electrons. The number of hydrogen-bond acceptors (Lipinski definition) is 5. The van der Waals surface area contributed by atoms with Gasteiger partial charge >= 0.3 is 0 Å². The van der Waals surface area contributed by atoms with E-state index >= 15 is 0 Å². The minimum atomic E-state index is -1.24. The van der Waals surface area contributed by atoms with Gasteiger partial charge in [-0.1, -0.05) is 43.7 Å². The highest BCUT2D eigenvalue weighted by atomic mass is 16.4. The van der Waals surface area contributed by atoms with Gasteiger partial charge in [0.05, 0.1) is 17.2 Å². The zero-order valence-corrected chi connectivity index (χ0v) is 13.8. The predicted octanol–water partition coefficient (Wildman–Crippen LogP) is 3.93. The second-order valence-electron chi connectivity index (χ2n) is 5.73. The second kappa shape index (κ2) is 7.17. The van der Waals surface area contributed by atoms with Crippen LogP contribution in [0.25, 0.3) is 10.9 Å². The summed E-state index contributed by atoms with van der Waals surface area (Å²) in [6, 6.07) is 13.6. The molecule has 6 nitrogen and oxygen atoms in total. The van der Waals surface area contributed by atoms with Crippen LogP contribution in [-0.2, 0) is 6.54 Å². The first-order valence-electron chi connectivity index (χ1n) is 8.15. The summed E-state index contributed by atoms with van der Waals surface area (Å²) in [5.41, 5.74) is 1.90. The van der Waals surface area contributed by atoms with Crippen LogP contribution in [0.4, 0.5) is 11.4 Å². The van der Waals surface area contributed by atoms with E-state index < -0.39 is 5.97 Å². The fourth-order valence-corrected chi connectivity index (χ4v) is 2.68. The van der Waals surface area contributed by atoms with Crippen molar-refractivity contribution in [3.8, 4) is 5.88 Å². The predicted molar refractivity (Wildman–Crippen MR) is 93.5 cm³/mol. The summed E-state index contributed by atoms with van der Waals surface area (Å²) in [6.45, 7) is 2.80. The molecule has 0 aliphatic carbocycles. The number of aromatic nitrogens is 1. The number of azo groups is 1.